The van der Waals surface area contributed by atoms with Crippen LogP contribution in [-0.4, -0.2) is 31.9 Å². The molecule has 0 N–H and O–H groups in total. The Morgan fingerprint density at radius 1 is 1.33 bits per heavy atom. The van der Waals surface area contributed by atoms with Gasteiger partial charge in [0.1, 0.15) is 5.76 Å². The summed E-state index contributed by atoms with van der Waals surface area (Å²) in [7, 11) is 2.04. The third kappa shape index (κ3) is 3.57. The van der Waals surface area contributed by atoms with Crippen molar-refractivity contribution in [2.45, 2.75) is 31.8 Å². The highest BCUT2D eigenvalue weighted by Crippen LogP contribution is 2.39. The molecule has 2 heterocycles. The Labute approximate surface area is 148 Å². The van der Waals surface area contributed by atoms with Crippen LogP contribution in [0.15, 0.2) is 45.5 Å². The van der Waals surface area contributed by atoms with Gasteiger partial charge in [0.05, 0.1) is 30.3 Å². The van der Waals surface area contributed by atoms with Crippen molar-refractivity contribution in [3.8, 4) is 5.69 Å². The molecule has 0 bridgehead atoms. The zero-order valence-corrected chi connectivity index (χ0v) is 15.0. The average Bonchev–Trinajstić information content (AvgIpc) is 3.13. The van der Waals surface area contributed by atoms with E-state index in [9.17, 15) is 0 Å². The second kappa shape index (κ2) is 6.49. The van der Waals surface area contributed by atoms with Gasteiger partial charge in [-0.25, -0.2) is 9.67 Å². The first-order valence-electron chi connectivity index (χ1n) is 7.98. The predicted molar refractivity (Wildman–Crippen MR) is 92.7 cm³/mol. The van der Waals surface area contributed by atoms with Crippen molar-refractivity contribution in [3.63, 3.8) is 0 Å². The fourth-order valence-electron chi connectivity index (χ4n) is 2.63. The van der Waals surface area contributed by atoms with Crippen molar-refractivity contribution >= 4 is 15.9 Å². The predicted octanol–water partition coefficient (Wildman–Crippen LogP) is 3.53. The van der Waals surface area contributed by atoms with Gasteiger partial charge in [0.2, 0.25) is 0 Å². The summed E-state index contributed by atoms with van der Waals surface area (Å²) in [5, 5.41) is 8.46. The molecule has 0 spiro atoms. The van der Waals surface area contributed by atoms with Crippen LogP contribution in [-0.2, 0) is 13.1 Å². The van der Waals surface area contributed by atoms with Crippen molar-refractivity contribution in [2.24, 2.45) is 0 Å². The van der Waals surface area contributed by atoms with Gasteiger partial charge in [-0.05, 0) is 38.1 Å². The number of aromatic nitrogens is 4. The SMILES string of the molecule is CN(Cc1cn(-c2cccc(Br)c2)nn1)Cc1cnc(C2CC2)o1. The second-order valence-electron chi connectivity index (χ2n) is 6.25. The van der Waals surface area contributed by atoms with Crippen LogP contribution in [0.4, 0.5) is 0 Å². The van der Waals surface area contributed by atoms with Crippen molar-refractivity contribution in [2.75, 3.05) is 7.05 Å². The highest BCUT2D eigenvalue weighted by molar-refractivity contribution is 9.10. The number of hydrogen-bond acceptors (Lipinski definition) is 5. The molecule has 1 aliphatic carbocycles. The lowest BCUT2D eigenvalue weighted by molar-refractivity contribution is 0.280. The minimum Gasteiger partial charge on any atom is -0.444 e. The van der Waals surface area contributed by atoms with Crippen LogP contribution in [0.5, 0.6) is 0 Å². The maximum atomic E-state index is 5.80. The molecule has 1 fully saturated rings. The molecule has 0 unspecified atom stereocenters. The van der Waals surface area contributed by atoms with Gasteiger partial charge < -0.3 is 4.42 Å². The fraction of sp³-hybridized carbons (Fsp3) is 0.353. The van der Waals surface area contributed by atoms with Crippen LogP contribution in [0.1, 0.15) is 36.1 Å². The normalized spacial score (nSPS) is 14.5. The Hall–Kier alpha value is -1.99. The number of rotatable bonds is 6. The molecule has 0 radical (unpaired) electrons. The molecule has 6 nitrogen and oxygen atoms in total. The van der Waals surface area contributed by atoms with E-state index in [1.807, 2.05) is 43.7 Å². The quantitative estimate of drug-likeness (QED) is 0.647. The van der Waals surface area contributed by atoms with E-state index in [0.29, 0.717) is 19.0 Å². The van der Waals surface area contributed by atoms with E-state index in [2.05, 4.69) is 36.1 Å². The first kappa shape index (κ1) is 15.5. The monoisotopic (exact) mass is 387 g/mol. The molecule has 4 rings (SSSR count). The van der Waals surface area contributed by atoms with Gasteiger partial charge in [-0.1, -0.05) is 27.2 Å². The molecule has 3 aromatic rings. The van der Waals surface area contributed by atoms with E-state index in [4.69, 9.17) is 4.42 Å². The fourth-order valence-corrected chi connectivity index (χ4v) is 3.02. The number of hydrogen-bond donors (Lipinski definition) is 0. The van der Waals surface area contributed by atoms with Gasteiger partial charge in [-0.3, -0.25) is 4.90 Å². The van der Waals surface area contributed by atoms with Crippen LogP contribution in [0.25, 0.3) is 5.69 Å². The lowest BCUT2D eigenvalue weighted by Crippen LogP contribution is -2.17. The van der Waals surface area contributed by atoms with Crippen molar-refractivity contribution in [1.29, 1.82) is 0 Å². The van der Waals surface area contributed by atoms with Crippen molar-refractivity contribution < 1.29 is 4.42 Å². The Morgan fingerprint density at radius 2 is 2.21 bits per heavy atom. The van der Waals surface area contributed by atoms with Gasteiger partial charge >= 0.3 is 0 Å². The van der Waals surface area contributed by atoms with E-state index in [0.717, 1.165) is 27.5 Å². The number of benzene rings is 1. The largest absolute Gasteiger partial charge is 0.444 e. The smallest absolute Gasteiger partial charge is 0.197 e. The standard InChI is InChI=1S/C17H18BrN5O/c1-22(11-16-8-19-17(24-16)12-5-6-12)9-14-10-23(21-20-14)15-4-2-3-13(18)7-15/h2-4,7-8,10,12H,5-6,9,11H2,1H3. The summed E-state index contributed by atoms with van der Waals surface area (Å²) in [6, 6.07) is 7.98. The van der Waals surface area contributed by atoms with Gasteiger partial charge in [0, 0.05) is 16.9 Å². The summed E-state index contributed by atoms with van der Waals surface area (Å²) in [5.74, 6) is 2.34. The van der Waals surface area contributed by atoms with E-state index < -0.39 is 0 Å². The topological polar surface area (TPSA) is 60.0 Å². The van der Waals surface area contributed by atoms with E-state index in [-0.39, 0.29) is 0 Å². The third-order valence-electron chi connectivity index (χ3n) is 3.97. The summed E-state index contributed by atoms with van der Waals surface area (Å²) in [5.41, 5.74) is 1.90. The number of halogens is 1. The van der Waals surface area contributed by atoms with Crippen LogP contribution in [0, 0.1) is 0 Å². The summed E-state index contributed by atoms with van der Waals surface area (Å²) < 4.78 is 8.61. The van der Waals surface area contributed by atoms with Crippen LogP contribution < -0.4 is 0 Å². The molecule has 1 saturated carbocycles. The molecule has 0 atom stereocenters. The van der Waals surface area contributed by atoms with Crippen molar-refractivity contribution in [1.82, 2.24) is 24.9 Å². The molecule has 7 heteroatoms. The first-order chi connectivity index (χ1) is 11.7. The molecule has 0 aliphatic heterocycles. The minimum atomic E-state index is 0.550. The number of nitrogens with zero attached hydrogens (tertiary/aromatic N) is 5. The van der Waals surface area contributed by atoms with Gasteiger partial charge in [0.15, 0.2) is 5.89 Å². The highest BCUT2D eigenvalue weighted by atomic mass is 79.9. The van der Waals surface area contributed by atoms with Gasteiger partial charge in [-0.2, -0.15) is 0 Å². The zero-order valence-electron chi connectivity index (χ0n) is 13.4. The minimum absolute atomic E-state index is 0.550. The molecular formula is C17H18BrN5O. The number of oxazole rings is 1. The Morgan fingerprint density at radius 3 is 3.00 bits per heavy atom. The van der Waals surface area contributed by atoms with Crippen LogP contribution in [0.3, 0.4) is 0 Å². The summed E-state index contributed by atoms with van der Waals surface area (Å²) in [4.78, 5) is 6.51. The molecule has 1 aliphatic rings. The Kier molecular flexibility index (Phi) is 4.20. The molecule has 124 valence electrons. The zero-order chi connectivity index (χ0) is 16.5. The molecule has 2 aromatic heterocycles. The molecule has 0 amide bonds. The molecule has 24 heavy (non-hydrogen) atoms. The lowest BCUT2D eigenvalue weighted by Gasteiger charge is -2.12. The lowest BCUT2D eigenvalue weighted by atomic mass is 10.3. The third-order valence-corrected chi connectivity index (χ3v) is 4.46. The molecule has 1 aromatic carbocycles. The first-order valence-corrected chi connectivity index (χ1v) is 8.77. The maximum absolute atomic E-state index is 5.80. The second-order valence-corrected chi connectivity index (χ2v) is 7.16. The van der Waals surface area contributed by atoms with Crippen molar-refractivity contribution in [3.05, 3.63) is 58.5 Å². The average molecular weight is 388 g/mol. The van der Waals surface area contributed by atoms with E-state index in [1.165, 1.54) is 12.8 Å². The summed E-state index contributed by atoms with van der Waals surface area (Å²) in [6.45, 7) is 1.41. The van der Waals surface area contributed by atoms with Crippen LogP contribution >= 0.6 is 15.9 Å². The van der Waals surface area contributed by atoms with E-state index in [1.54, 1.807) is 4.68 Å². The molecular weight excluding hydrogens is 370 g/mol. The Balaban J connectivity index is 1.39. The Bertz CT molecular complexity index is 839. The molecule has 0 saturated heterocycles. The van der Waals surface area contributed by atoms with Crippen LogP contribution in [0.2, 0.25) is 0 Å². The highest BCUT2D eigenvalue weighted by Gasteiger charge is 2.28. The van der Waals surface area contributed by atoms with Gasteiger partial charge in [0.25, 0.3) is 0 Å². The summed E-state index contributed by atoms with van der Waals surface area (Å²) >= 11 is 3.47. The summed E-state index contributed by atoms with van der Waals surface area (Å²) in [6.07, 6.45) is 6.19. The maximum Gasteiger partial charge on any atom is 0.197 e. The van der Waals surface area contributed by atoms with E-state index >= 15 is 0 Å². The van der Waals surface area contributed by atoms with Gasteiger partial charge in [-0.15, -0.1) is 5.10 Å².